The summed E-state index contributed by atoms with van der Waals surface area (Å²) in [4.78, 5) is 8.87. The predicted octanol–water partition coefficient (Wildman–Crippen LogP) is 2.71. The first kappa shape index (κ1) is 12.5. The number of hydrogen-bond donors (Lipinski definition) is 1. The molecule has 0 aliphatic rings. The van der Waals surface area contributed by atoms with Crippen molar-refractivity contribution in [2.45, 2.75) is 13.8 Å². The Hall–Kier alpha value is -2.56. The molecule has 0 amide bonds. The summed E-state index contributed by atoms with van der Waals surface area (Å²) < 4.78 is 7.36. The van der Waals surface area contributed by atoms with Gasteiger partial charge in [-0.05, 0) is 38.1 Å². The van der Waals surface area contributed by atoms with Gasteiger partial charge in [0.05, 0.1) is 12.3 Å². The van der Waals surface area contributed by atoms with Crippen molar-refractivity contribution in [3.63, 3.8) is 0 Å². The molecule has 0 aliphatic carbocycles. The largest absolute Gasteiger partial charge is 0.494 e. The predicted molar refractivity (Wildman–Crippen MR) is 79.2 cm³/mol. The number of hydrogen-bond acceptors (Lipinski definition) is 4. The van der Waals surface area contributed by atoms with Crippen LogP contribution < -0.4 is 10.5 Å². The summed E-state index contributed by atoms with van der Waals surface area (Å²) in [6.45, 7) is 4.53. The van der Waals surface area contributed by atoms with Gasteiger partial charge in [-0.15, -0.1) is 0 Å². The molecule has 2 aromatic heterocycles. The molecule has 102 valence electrons. The van der Waals surface area contributed by atoms with Gasteiger partial charge >= 0.3 is 0 Å². The standard InChI is InChI=1S/C15H16N4O/c1-3-20-12-6-4-5-11(9-12)19-14-13(18-15(19)16)8-7-10(2)17-14/h4-9H,3H2,1-2H3,(H2,16,18). The molecule has 3 rings (SSSR count). The van der Waals surface area contributed by atoms with Crippen molar-refractivity contribution < 1.29 is 4.74 Å². The number of imidazole rings is 1. The third-order valence-corrected chi connectivity index (χ3v) is 3.06. The van der Waals surface area contributed by atoms with Gasteiger partial charge in [-0.25, -0.2) is 9.97 Å². The minimum Gasteiger partial charge on any atom is -0.494 e. The highest BCUT2D eigenvalue weighted by Crippen LogP contribution is 2.24. The third-order valence-electron chi connectivity index (χ3n) is 3.06. The van der Waals surface area contributed by atoms with Crippen LogP contribution in [-0.4, -0.2) is 21.1 Å². The summed E-state index contributed by atoms with van der Waals surface area (Å²) in [6, 6.07) is 11.6. The molecule has 3 aromatic rings. The Bertz CT molecular complexity index is 764. The lowest BCUT2D eigenvalue weighted by molar-refractivity contribution is 0.340. The van der Waals surface area contributed by atoms with E-state index in [4.69, 9.17) is 10.5 Å². The van der Waals surface area contributed by atoms with Gasteiger partial charge in [0.25, 0.3) is 0 Å². The second-order valence-electron chi connectivity index (χ2n) is 4.53. The highest BCUT2D eigenvalue weighted by molar-refractivity contribution is 5.77. The molecule has 0 atom stereocenters. The number of pyridine rings is 1. The van der Waals surface area contributed by atoms with E-state index in [1.165, 1.54) is 0 Å². The van der Waals surface area contributed by atoms with Crippen molar-refractivity contribution in [2.24, 2.45) is 0 Å². The van der Waals surface area contributed by atoms with Crippen LogP contribution in [0.2, 0.25) is 0 Å². The van der Waals surface area contributed by atoms with Gasteiger partial charge in [0.15, 0.2) is 5.65 Å². The average molecular weight is 268 g/mol. The topological polar surface area (TPSA) is 66.0 Å². The average Bonchev–Trinajstić information content (AvgIpc) is 2.75. The lowest BCUT2D eigenvalue weighted by atomic mass is 10.3. The number of rotatable bonds is 3. The Labute approximate surface area is 117 Å². The molecule has 0 unspecified atom stereocenters. The maximum Gasteiger partial charge on any atom is 0.207 e. The first-order valence-corrected chi connectivity index (χ1v) is 6.54. The second-order valence-corrected chi connectivity index (χ2v) is 4.53. The van der Waals surface area contributed by atoms with E-state index < -0.39 is 0 Å². The molecule has 0 saturated heterocycles. The van der Waals surface area contributed by atoms with Crippen LogP contribution in [0.4, 0.5) is 5.95 Å². The fraction of sp³-hybridized carbons (Fsp3) is 0.200. The molecule has 5 heteroatoms. The zero-order valence-corrected chi connectivity index (χ0v) is 11.5. The zero-order chi connectivity index (χ0) is 14.1. The SMILES string of the molecule is CCOc1cccc(-n2c(N)nc3ccc(C)nc32)c1. The summed E-state index contributed by atoms with van der Waals surface area (Å²) in [5, 5.41) is 0. The van der Waals surface area contributed by atoms with Crippen LogP contribution in [-0.2, 0) is 0 Å². The normalized spacial score (nSPS) is 10.9. The van der Waals surface area contributed by atoms with Crippen LogP contribution in [0, 0.1) is 6.92 Å². The highest BCUT2D eigenvalue weighted by atomic mass is 16.5. The van der Waals surface area contributed by atoms with Crippen LogP contribution in [0.15, 0.2) is 36.4 Å². The van der Waals surface area contributed by atoms with E-state index in [1.54, 1.807) is 0 Å². The van der Waals surface area contributed by atoms with E-state index in [2.05, 4.69) is 9.97 Å². The molecule has 0 aliphatic heterocycles. The number of fused-ring (bicyclic) bond motifs is 1. The number of benzene rings is 1. The third kappa shape index (κ3) is 2.07. The summed E-state index contributed by atoms with van der Waals surface area (Å²) in [5.41, 5.74) is 9.41. The first-order valence-electron chi connectivity index (χ1n) is 6.54. The van der Waals surface area contributed by atoms with E-state index in [0.29, 0.717) is 12.6 Å². The van der Waals surface area contributed by atoms with Crippen molar-refractivity contribution in [1.29, 1.82) is 0 Å². The number of nitrogens with zero attached hydrogens (tertiary/aromatic N) is 3. The van der Waals surface area contributed by atoms with Crippen molar-refractivity contribution in [3.8, 4) is 11.4 Å². The second kappa shape index (κ2) is 4.85. The molecule has 5 nitrogen and oxygen atoms in total. The molecular formula is C15H16N4O. The van der Waals surface area contributed by atoms with Crippen LogP contribution in [0.25, 0.3) is 16.9 Å². The summed E-state index contributed by atoms with van der Waals surface area (Å²) in [6.07, 6.45) is 0. The van der Waals surface area contributed by atoms with E-state index in [0.717, 1.165) is 28.3 Å². The van der Waals surface area contributed by atoms with E-state index in [9.17, 15) is 0 Å². The molecule has 2 heterocycles. The van der Waals surface area contributed by atoms with Gasteiger partial charge in [0.2, 0.25) is 5.95 Å². The number of anilines is 1. The number of aryl methyl sites for hydroxylation is 1. The van der Waals surface area contributed by atoms with Gasteiger partial charge in [-0.3, -0.25) is 4.57 Å². The van der Waals surface area contributed by atoms with Crippen molar-refractivity contribution in [3.05, 3.63) is 42.1 Å². The van der Waals surface area contributed by atoms with Crippen molar-refractivity contribution >= 4 is 17.1 Å². The van der Waals surface area contributed by atoms with Crippen LogP contribution in [0.5, 0.6) is 5.75 Å². The lowest BCUT2D eigenvalue weighted by Gasteiger charge is -2.09. The Kier molecular flexibility index (Phi) is 3.02. The van der Waals surface area contributed by atoms with Gasteiger partial charge in [0, 0.05) is 11.8 Å². The number of nitrogens with two attached hydrogens (primary N) is 1. The maximum atomic E-state index is 6.03. The Morgan fingerprint density at radius 2 is 2.05 bits per heavy atom. The quantitative estimate of drug-likeness (QED) is 0.793. The summed E-state index contributed by atoms with van der Waals surface area (Å²) in [5.74, 6) is 1.23. The van der Waals surface area contributed by atoms with E-state index in [1.807, 2.05) is 54.8 Å². The van der Waals surface area contributed by atoms with Crippen molar-refractivity contribution in [1.82, 2.24) is 14.5 Å². The molecule has 2 N–H and O–H groups in total. The lowest BCUT2D eigenvalue weighted by Crippen LogP contribution is -2.02. The van der Waals surface area contributed by atoms with Crippen LogP contribution in [0.3, 0.4) is 0 Å². The van der Waals surface area contributed by atoms with Gasteiger partial charge in [-0.2, -0.15) is 0 Å². The molecule has 1 aromatic carbocycles. The molecule has 0 spiro atoms. The zero-order valence-electron chi connectivity index (χ0n) is 11.5. The fourth-order valence-electron chi connectivity index (χ4n) is 2.20. The Morgan fingerprint density at radius 3 is 2.85 bits per heavy atom. The molecule has 0 saturated carbocycles. The van der Waals surface area contributed by atoms with Crippen LogP contribution in [0.1, 0.15) is 12.6 Å². The van der Waals surface area contributed by atoms with E-state index in [-0.39, 0.29) is 0 Å². The van der Waals surface area contributed by atoms with E-state index >= 15 is 0 Å². The van der Waals surface area contributed by atoms with Crippen molar-refractivity contribution in [2.75, 3.05) is 12.3 Å². The molecule has 20 heavy (non-hydrogen) atoms. The van der Waals surface area contributed by atoms with Gasteiger partial charge < -0.3 is 10.5 Å². The fourth-order valence-corrected chi connectivity index (χ4v) is 2.20. The number of nitrogen functional groups attached to an aromatic ring is 1. The Morgan fingerprint density at radius 1 is 1.20 bits per heavy atom. The maximum absolute atomic E-state index is 6.03. The monoisotopic (exact) mass is 268 g/mol. The first-order chi connectivity index (χ1) is 9.69. The molecule has 0 bridgehead atoms. The Balaban J connectivity index is 2.20. The molecule has 0 fully saturated rings. The molecular weight excluding hydrogens is 252 g/mol. The number of aromatic nitrogens is 3. The minimum atomic E-state index is 0.423. The summed E-state index contributed by atoms with van der Waals surface area (Å²) in [7, 11) is 0. The van der Waals surface area contributed by atoms with Gasteiger partial charge in [-0.1, -0.05) is 6.07 Å². The van der Waals surface area contributed by atoms with Gasteiger partial charge in [0.1, 0.15) is 11.3 Å². The minimum absolute atomic E-state index is 0.423. The summed E-state index contributed by atoms with van der Waals surface area (Å²) >= 11 is 0. The smallest absolute Gasteiger partial charge is 0.207 e. The highest BCUT2D eigenvalue weighted by Gasteiger charge is 2.11. The van der Waals surface area contributed by atoms with Crippen LogP contribution >= 0.6 is 0 Å². The molecule has 0 radical (unpaired) electrons. The number of ether oxygens (including phenoxy) is 1.